The fourth-order valence-electron chi connectivity index (χ4n) is 6.88. The molecule has 4 aromatic rings. The van der Waals surface area contributed by atoms with Gasteiger partial charge >= 0.3 is 6.03 Å². The van der Waals surface area contributed by atoms with Crippen molar-refractivity contribution in [1.82, 2.24) is 24.4 Å². The molecular weight excluding hydrogens is 667 g/mol. The number of urea groups is 1. The van der Waals surface area contributed by atoms with E-state index in [0.29, 0.717) is 37.4 Å². The second-order valence-electron chi connectivity index (χ2n) is 14.1. The maximum Gasteiger partial charge on any atom is 0.321 e. The third kappa shape index (κ3) is 8.92. The number of nitrogens with zero attached hydrogens (tertiary/aromatic N) is 3. The molecule has 0 spiro atoms. The zero-order valence-electron chi connectivity index (χ0n) is 30.4. The molecule has 1 aliphatic heterocycles. The first-order valence-corrected chi connectivity index (χ1v) is 19.0. The molecule has 5 rings (SSSR count). The lowest BCUT2D eigenvalue weighted by atomic mass is 9.98. The normalized spacial score (nSPS) is 15.5. The van der Waals surface area contributed by atoms with Crippen molar-refractivity contribution in [2.45, 2.75) is 70.2 Å². The van der Waals surface area contributed by atoms with Crippen LogP contribution in [0, 0.1) is 11.8 Å². The minimum Gasteiger partial charge on any atom is -0.497 e. The van der Waals surface area contributed by atoms with E-state index in [-0.39, 0.29) is 35.7 Å². The Labute approximate surface area is 301 Å². The van der Waals surface area contributed by atoms with E-state index >= 15 is 0 Å². The Balaban J connectivity index is 1.32. The Bertz CT molecular complexity index is 1930. The number of nitrogens with one attached hydrogen (secondary N) is 2. The topological polar surface area (TPSA) is 133 Å². The van der Waals surface area contributed by atoms with Crippen LogP contribution in [0.5, 0.6) is 5.75 Å². The van der Waals surface area contributed by atoms with Crippen LogP contribution in [0.2, 0.25) is 0 Å². The van der Waals surface area contributed by atoms with E-state index in [1.165, 1.54) is 13.2 Å². The standard InChI is InChI=1S/C39H51N5O6S/c1-26(2)20-30-23-32(50-6)16-17-36(30)51(48,49)40-24-35(45)33(21-28-12-8-7-9-13-28)41-38(46)37(27(3)4)44-19-18-43(39(44)47)25-31-22-29-14-10-11-15-34(29)42(31)5/h7-17,22-23,26-27,33,35,37,40,45H,18-21,24-25H2,1-6H3,(H,41,46)/t33-,35+,37-/m0/s1. The summed E-state index contributed by atoms with van der Waals surface area (Å²) in [5.74, 6) is 0.128. The molecule has 1 saturated heterocycles. The average Bonchev–Trinajstić information content (AvgIpc) is 3.61. The number of methoxy groups -OCH3 is 1. The number of rotatable bonds is 16. The summed E-state index contributed by atoms with van der Waals surface area (Å²) in [6.45, 7) is 8.73. The fourth-order valence-corrected chi connectivity index (χ4v) is 8.16. The van der Waals surface area contributed by atoms with Gasteiger partial charge in [0.2, 0.25) is 15.9 Å². The molecule has 11 nitrogen and oxygen atoms in total. The van der Waals surface area contributed by atoms with Crippen LogP contribution in [0.3, 0.4) is 0 Å². The molecule has 0 saturated carbocycles. The number of aliphatic hydroxyl groups excluding tert-OH is 1. The Morgan fingerprint density at radius 2 is 1.65 bits per heavy atom. The lowest BCUT2D eigenvalue weighted by Crippen LogP contribution is -2.57. The minimum absolute atomic E-state index is 0.119. The lowest BCUT2D eigenvalue weighted by molar-refractivity contribution is -0.128. The predicted molar refractivity (Wildman–Crippen MR) is 199 cm³/mol. The zero-order valence-corrected chi connectivity index (χ0v) is 31.2. The smallest absolute Gasteiger partial charge is 0.321 e. The summed E-state index contributed by atoms with van der Waals surface area (Å²) in [5.41, 5.74) is 3.56. The third-order valence-corrected chi connectivity index (χ3v) is 11.0. The van der Waals surface area contributed by atoms with Crippen molar-refractivity contribution in [3.63, 3.8) is 0 Å². The highest BCUT2D eigenvalue weighted by Gasteiger charge is 2.40. The van der Waals surface area contributed by atoms with Crippen molar-refractivity contribution in [1.29, 1.82) is 0 Å². The quantitative estimate of drug-likeness (QED) is 0.154. The number of aliphatic hydroxyl groups is 1. The van der Waals surface area contributed by atoms with Crippen molar-refractivity contribution in [2.24, 2.45) is 18.9 Å². The van der Waals surface area contributed by atoms with Crippen LogP contribution in [-0.2, 0) is 41.3 Å². The van der Waals surface area contributed by atoms with Crippen molar-refractivity contribution < 1.29 is 27.9 Å². The summed E-state index contributed by atoms with van der Waals surface area (Å²) in [7, 11) is -0.506. The van der Waals surface area contributed by atoms with Crippen LogP contribution in [0.4, 0.5) is 4.79 Å². The highest BCUT2D eigenvalue weighted by atomic mass is 32.2. The van der Waals surface area contributed by atoms with E-state index in [0.717, 1.165) is 22.2 Å². The van der Waals surface area contributed by atoms with E-state index in [1.54, 1.807) is 21.9 Å². The van der Waals surface area contributed by atoms with E-state index in [2.05, 4.69) is 20.7 Å². The molecule has 1 aliphatic rings. The molecule has 12 heteroatoms. The van der Waals surface area contributed by atoms with Crippen molar-refractivity contribution in [3.05, 3.63) is 95.7 Å². The average molecular weight is 718 g/mol. The van der Waals surface area contributed by atoms with E-state index < -0.39 is 34.1 Å². The van der Waals surface area contributed by atoms with Gasteiger partial charge in [-0.25, -0.2) is 17.9 Å². The second kappa shape index (κ2) is 16.3. The van der Waals surface area contributed by atoms with E-state index in [9.17, 15) is 23.1 Å². The maximum absolute atomic E-state index is 14.1. The number of carbonyl (C=O) groups excluding carboxylic acids is 2. The highest BCUT2D eigenvalue weighted by molar-refractivity contribution is 7.89. The fraction of sp³-hybridized carbons (Fsp3) is 0.436. The second-order valence-corrected chi connectivity index (χ2v) is 15.9. The summed E-state index contributed by atoms with van der Waals surface area (Å²) in [5, 5.41) is 15.6. The van der Waals surface area contributed by atoms with Gasteiger partial charge in [0.1, 0.15) is 11.8 Å². The van der Waals surface area contributed by atoms with Gasteiger partial charge in [0, 0.05) is 37.9 Å². The lowest BCUT2D eigenvalue weighted by Gasteiger charge is -2.33. The Hall–Kier alpha value is -4.39. The first-order chi connectivity index (χ1) is 24.3. The van der Waals surface area contributed by atoms with Crippen molar-refractivity contribution in [2.75, 3.05) is 26.7 Å². The van der Waals surface area contributed by atoms with Crippen molar-refractivity contribution >= 4 is 32.9 Å². The summed E-state index contributed by atoms with van der Waals surface area (Å²) < 4.78 is 37.2. The first-order valence-electron chi connectivity index (χ1n) is 17.6. The molecule has 0 radical (unpaired) electrons. The highest BCUT2D eigenvalue weighted by Crippen LogP contribution is 2.26. The van der Waals surface area contributed by atoms with Gasteiger partial charge in [-0.05, 0) is 71.5 Å². The van der Waals surface area contributed by atoms with Crippen LogP contribution in [0.15, 0.2) is 83.8 Å². The molecular formula is C39H51N5O6S. The Kier molecular flexibility index (Phi) is 12.1. The number of aromatic nitrogens is 1. The third-order valence-electron chi connectivity index (χ3n) is 9.53. The number of sulfonamides is 1. The molecule has 2 heterocycles. The number of hydrogen-bond acceptors (Lipinski definition) is 6. The number of aryl methyl sites for hydroxylation is 1. The molecule has 3 aromatic carbocycles. The van der Waals surface area contributed by atoms with Crippen LogP contribution in [0.1, 0.15) is 44.5 Å². The van der Waals surface area contributed by atoms with Gasteiger partial charge < -0.3 is 29.5 Å². The molecule has 3 atom stereocenters. The molecule has 0 aliphatic carbocycles. The van der Waals surface area contributed by atoms with Gasteiger partial charge in [-0.3, -0.25) is 4.79 Å². The predicted octanol–water partition coefficient (Wildman–Crippen LogP) is 4.71. The number of fused-ring (bicyclic) bond motifs is 1. The van der Waals surface area contributed by atoms with Gasteiger partial charge in [0.15, 0.2) is 0 Å². The van der Waals surface area contributed by atoms with E-state index in [4.69, 9.17) is 4.74 Å². The Morgan fingerprint density at radius 1 is 0.941 bits per heavy atom. The van der Waals surface area contributed by atoms with Crippen LogP contribution in [0.25, 0.3) is 10.9 Å². The Morgan fingerprint density at radius 3 is 2.31 bits per heavy atom. The zero-order chi connectivity index (χ0) is 36.9. The molecule has 1 aromatic heterocycles. The maximum atomic E-state index is 14.1. The number of hydrogen-bond donors (Lipinski definition) is 3. The largest absolute Gasteiger partial charge is 0.497 e. The molecule has 1 fully saturated rings. The number of carbonyl (C=O) groups is 2. The number of amides is 3. The van der Waals surface area contributed by atoms with E-state index in [1.807, 2.05) is 89.3 Å². The van der Waals surface area contributed by atoms with Gasteiger partial charge in [-0.1, -0.05) is 76.2 Å². The summed E-state index contributed by atoms with van der Waals surface area (Å²) in [6, 6.07) is 22.5. The number of ether oxygens (including phenoxy) is 1. The van der Waals surface area contributed by atoms with Gasteiger partial charge in [-0.15, -0.1) is 0 Å². The van der Waals surface area contributed by atoms with Crippen LogP contribution < -0.4 is 14.8 Å². The first kappa shape index (κ1) is 37.9. The van der Waals surface area contributed by atoms with Gasteiger partial charge in [0.05, 0.1) is 30.7 Å². The van der Waals surface area contributed by atoms with Crippen molar-refractivity contribution in [3.8, 4) is 5.75 Å². The molecule has 0 bridgehead atoms. The number of benzene rings is 3. The van der Waals surface area contributed by atoms with Gasteiger partial charge in [-0.2, -0.15) is 0 Å². The monoisotopic (exact) mass is 717 g/mol. The summed E-state index contributed by atoms with van der Waals surface area (Å²) in [6.07, 6.45) is -0.503. The molecule has 3 amide bonds. The molecule has 274 valence electrons. The molecule has 3 N–H and O–H groups in total. The molecule has 0 unspecified atom stereocenters. The summed E-state index contributed by atoms with van der Waals surface area (Å²) in [4.78, 5) is 31.4. The minimum atomic E-state index is -4.02. The molecule has 51 heavy (non-hydrogen) atoms. The SMILES string of the molecule is COc1ccc(S(=O)(=O)NC[C@@H](O)[C@H](Cc2ccccc2)NC(=O)[C@H](C(C)C)N2CCN(Cc3cc4ccccc4n3C)C2=O)c(CC(C)C)c1. The number of para-hydroxylation sites is 1. The van der Waals surface area contributed by atoms with Gasteiger partial charge in [0.25, 0.3) is 0 Å². The van der Waals surface area contributed by atoms with Crippen LogP contribution in [-0.4, -0.2) is 84.8 Å². The summed E-state index contributed by atoms with van der Waals surface area (Å²) >= 11 is 0. The van der Waals surface area contributed by atoms with Crippen LogP contribution >= 0.6 is 0 Å².